The molecule has 39 heavy (non-hydrogen) atoms. The van der Waals surface area contributed by atoms with Gasteiger partial charge in [-0.15, -0.1) is 13.2 Å². The zero-order valence-corrected chi connectivity index (χ0v) is 22.6. The van der Waals surface area contributed by atoms with Gasteiger partial charge in [0.25, 0.3) is 0 Å². The summed E-state index contributed by atoms with van der Waals surface area (Å²) in [5.74, 6) is -0.470. The molecule has 1 aliphatic rings. The van der Waals surface area contributed by atoms with Gasteiger partial charge in [-0.1, -0.05) is 45.0 Å². The quantitative estimate of drug-likeness (QED) is 0.260. The molecule has 0 aliphatic carbocycles. The number of halogens is 3. The van der Waals surface area contributed by atoms with Crippen molar-refractivity contribution in [3.05, 3.63) is 72.3 Å². The lowest BCUT2D eigenvalue weighted by molar-refractivity contribution is -0.274. The summed E-state index contributed by atoms with van der Waals surface area (Å²) in [6, 6.07) is 17.5. The number of fused-ring (bicyclic) bond motifs is 3. The van der Waals surface area contributed by atoms with E-state index in [0.29, 0.717) is 6.54 Å². The molecular weight excluding hydrogens is 529 g/mol. The van der Waals surface area contributed by atoms with Gasteiger partial charge in [-0.2, -0.15) is 0 Å². The van der Waals surface area contributed by atoms with Crippen molar-refractivity contribution >= 4 is 31.7 Å². The van der Waals surface area contributed by atoms with Crippen LogP contribution in [0.25, 0.3) is 21.8 Å². The number of aliphatic hydroxyl groups excluding tert-OH is 1. The van der Waals surface area contributed by atoms with Crippen LogP contribution < -0.4 is 14.8 Å². The molecule has 5 rings (SSSR count). The van der Waals surface area contributed by atoms with Gasteiger partial charge in [-0.05, 0) is 53.4 Å². The van der Waals surface area contributed by atoms with Gasteiger partial charge >= 0.3 is 6.36 Å². The van der Waals surface area contributed by atoms with E-state index in [1.54, 1.807) is 0 Å². The summed E-state index contributed by atoms with van der Waals surface area (Å²) >= 11 is 0. The van der Waals surface area contributed by atoms with Crippen LogP contribution in [0.3, 0.4) is 0 Å². The maximum atomic E-state index is 13.3. The van der Waals surface area contributed by atoms with Crippen molar-refractivity contribution in [2.75, 3.05) is 13.1 Å². The van der Waals surface area contributed by atoms with Crippen molar-refractivity contribution in [2.24, 2.45) is 0 Å². The molecule has 7 nitrogen and oxygen atoms in total. The summed E-state index contributed by atoms with van der Waals surface area (Å²) in [6.45, 7) is 7.19. The Labute approximate surface area is 225 Å². The van der Waals surface area contributed by atoms with Crippen LogP contribution in [0.4, 0.5) is 13.2 Å². The normalized spacial score (nSPS) is 22.2. The number of nitrogens with one attached hydrogen (secondary N) is 3. The molecule has 208 valence electrons. The van der Waals surface area contributed by atoms with Gasteiger partial charge < -0.3 is 19.7 Å². The van der Waals surface area contributed by atoms with Crippen LogP contribution in [0.5, 0.6) is 5.75 Å². The average molecular weight is 561 g/mol. The van der Waals surface area contributed by atoms with Gasteiger partial charge in [-0.25, -0.2) is 13.7 Å². The summed E-state index contributed by atoms with van der Waals surface area (Å²) < 4.78 is 67.9. The number of aliphatic hydroxyl groups is 1. The molecule has 1 saturated heterocycles. The summed E-state index contributed by atoms with van der Waals surface area (Å²) in [4.78, 5) is -0.0158. The molecule has 3 aromatic carbocycles. The van der Waals surface area contributed by atoms with E-state index in [4.69, 9.17) is 4.78 Å². The topological polar surface area (TPSA) is 99.4 Å². The molecule has 1 aliphatic heterocycles. The number of nitrogens with zero attached hydrogens (tertiary/aromatic N) is 1. The molecule has 1 aromatic heterocycles. The largest absolute Gasteiger partial charge is 0.573 e. The first-order chi connectivity index (χ1) is 18.2. The third kappa shape index (κ3) is 5.49. The molecule has 0 radical (unpaired) electrons. The third-order valence-corrected chi connectivity index (χ3v) is 8.71. The highest BCUT2D eigenvalue weighted by molar-refractivity contribution is 7.90. The van der Waals surface area contributed by atoms with Gasteiger partial charge in [0.1, 0.15) is 15.7 Å². The van der Waals surface area contributed by atoms with E-state index >= 15 is 0 Å². The predicted molar refractivity (Wildman–Crippen MR) is 145 cm³/mol. The van der Waals surface area contributed by atoms with Gasteiger partial charge in [0, 0.05) is 34.9 Å². The molecule has 4 aromatic rings. The van der Waals surface area contributed by atoms with Crippen molar-refractivity contribution in [2.45, 2.75) is 55.6 Å². The van der Waals surface area contributed by atoms with E-state index in [1.807, 2.05) is 18.2 Å². The van der Waals surface area contributed by atoms with Crippen LogP contribution >= 0.6 is 0 Å². The number of ether oxygens (including phenoxy) is 1. The Bertz CT molecular complexity index is 1610. The Morgan fingerprint density at radius 1 is 1.00 bits per heavy atom. The Kier molecular flexibility index (Phi) is 6.91. The number of benzene rings is 3. The van der Waals surface area contributed by atoms with Crippen molar-refractivity contribution in [3.8, 4) is 5.75 Å². The molecule has 0 saturated carbocycles. The molecule has 4 unspecified atom stereocenters. The fraction of sp³-hybridized carbons (Fsp3) is 0.357. The number of aromatic nitrogens is 1. The fourth-order valence-electron chi connectivity index (χ4n) is 5.19. The molecular formula is C28H31F3N4O3S. The van der Waals surface area contributed by atoms with Crippen LogP contribution in [0.1, 0.15) is 32.4 Å². The molecule has 4 atom stereocenters. The minimum absolute atomic E-state index is 0.0158. The van der Waals surface area contributed by atoms with E-state index < -0.39 is 40.2 Å². The molecule has 0 amide bonds. The first-order valence-corrected chi connectivity index (χ1v) is 14.1. The number of alkyl halides is 3. The predicted octanol–water partition coefficient (Wildman–Crippen LogP) is 5.47. The van der Waals surface area contributed by atoms with Gasteiger partial charge in [0.2, 0.25) is 0 Å². The zero-order chi connectivity index (χ0) is 28.2. The molecule has 0 bridgehead atoms. The van der Waals surface area contributed by atoms with Crippen molar-refractivity contribution in [3.63, 3.8) is 0 Å². The Hall–Kier alpha value is -3.12. The number of rotatable bonds is 5. The van der Waals surface area contributed by atoms with Crippen molar-refractivity contribution in [1.29, 1.82) is 4.78 Å². The summed E-state index contributed by atoms with van der Waals surface area (Å²) in [5, 5.41) is 16.9. The highest BCUT2D eigenvalue weighted by atomic mass is 32.2. The van der Waals surface area contributed by atoms with Crippen LogP contribution in [0.15, 0.2) is 71.6 Å². The first kappa shape index (κ1) is 27.4. The minimum Gasteiger partial charge on any atom is -0.406 e. The Morgan fingerprint density at radius 2 is 1.67 bits per heavy atom. The van der Waals surface area contributed by atoms with Crippen LogP contribution in [0, 0.1) is 4.78 Å². The maximum absolute atomic E-state index is 13.3. The first-order valence-electron chi connectivity index (χ1n) is 12.6. The minimum atomic E-state index is -4.85. The van der Waals surface area contributed by atoms with Crippen molar-refractivity contribution < 1.29 is 27.2 Å². The monoisotopic (exact) mass is 560 g/mol. The van der Waals surface area contributed by atoms with Gasteiger partial charge in [0.15, 0.2) is 0 Å². The highest BCUT2D eigenvalue weighted by Gasteiger charge is 2.36. The van der Waals surface area contributed by atoms with Crippen LogP contribution in [-0.4, -0.2) is 45.5 Å². The SMILES string of the molecule is CC(C)(C)c1ccc2c(c1)c1ccccc1n2C1CNCC(NS(=N)(=O)c2ccc(OC(F)(F)F)cc2)C1O. The Balaban J connectivity index is 1.46. The number of piperidine rings is 1. The van der Waals surface area contributed by atoms with Crippen LogP contribution in [-0.2, 0) is 15.3 Å². The number of hydrogen-bond acceptors (Lipinski definition) is 5. The molecule has 4 N–H and O–H groups in total. The third-order valence-electron chi connectivity index (χ3n) is 7.14. The van der Waals surface area contributed by atoms with Gasteiger partial charge in [0.05, 0.1) is 23.1 Å². The number of para-hydroxylation sites is 1. The molecule has 11 heteroatoms. The summed E-state index contributed by atoms with van der Waals surface area (Å²) in [6.07, 6.45) is -5.86. The number of hydrogen-bond donors (Lipinski definition) is 4. The zero-order valence-electron chi connectivity index (χ0n) is 21.8. The van der Waals surface area contributed by atoms with E-state index in [2.05, 4.69) is 64.4 Å². The smallest absolute Gasteiger partial charge is 0.406 e. The second-order valence-electron chi connectivity index (χ2n) is 10.9. The second kappa shape index (κ2) is 9.81. The molecule has 0 spiro atoms. The molecule has 2 heterocycles. The second-order valence-corrected chi connectivity index (χ2v) is 12.7. The lowest BCUT2D eigenvalue weighted by Crippen LogP contribution is -2.57. The average Bonchev–Trinajstić information content (AvgIpc) is 3.18. The summed E-state index contributed by atoms with van der Waals surface area (Å²) in [7, 11) is -3.65. The van der Waals surface area contributed by atoms with E-state index in [1.165, 1.54) is 5.56 Å². The van der Waals surface area contributed by atoms with E-state index in [0.717, 1.165) is 46.1 Å². The summed E-state index contributed by atoms with van der Waals surface area (Å²) in [5.41, 5.74) is 3.07. The highest BCUT2D eigenvalue weighted by Crippen LogP contribution is 2.37. The van der Waals surface area contributed by atoms with Crippen molar-refractivity contribution in [1.82, 2.24) is 14.6 Å². The fourth-order valence-corrected chi connectivity index (χ4v) is 6.50. The maximum Gasteiger partial charge on any atom is 0.573 e. The Morgan fingerprint density at radius 3 is 2.33 bits per heavy atom. The van der Waals surface area contributed by atoms with E-state index in [9.17, 15) is 22.5 Å². The lowest BCUT2D eigenvalue weighted by atomic mass is 9.86. The standard InChI is InChI=1S/C28H31F3N4O3S/c1-27(2,3)17-8-13-24-21(14-17)20-6-4-5-7-23(20)35(24)25-16-33-15-22(26(25)36)34-39(32,37)19-11-9-18(10-12-19)38-28(29,30)31/h4-14,22,25-26,33,36H,15-16H2,1-3H3,(H2,32,34,37). The lowest BCUT2D eigenvalue weighted by Gasteiger charge is -2.37. The van der Waals surface area contributed by atoms with Gasteiger partial charge in [-0.3, -0.25) is 0 Å². The molecule has 1 fully saturated rings. The van der Waals surface area contributed by atoms with E-state index in [-0.39, 0.29) is 16.9 Å². The van der Waals surface area contributed by atoms with Crippen LogP contribution in [0.2, 0.25) is 0 Å².